The van der Waals surface area contributed by atoms with Crippen molar-refractivity contribution in [2.45, 2.75) is 30.8 Å². The van der Waals surface area contributed by atoms with E-state index in [-0.39, 0.29) is 11.7 Å². The molecule has 0 N–H and O–H groups in total. The molecule has 0 spiro atoms. The minimum Gasteiger partial charge on any atom is -0.496 e. The smallest absolute Gasteiger partial charge is 0.167 e. The van der Waals surface area contributed by atoms with Crippen LogP contribution in [0.15, 0.2) is 65.8 Å². The van der Waals surface area contributed by atoms with E-state index >= 15 is 0 Å². The second-order valence-electron chi connectivity index (χ2n) is 8.02. The van der Waals surface area contributed by atoms with Crippen LogP contribution in [0.5, 0.6) is 5.75 Å². The largest absolute Gasteiger partial charge is 0.496 e. The van der Waals surface area contributed by atoms with Gasteiger partial charge in [0, 0.05) is 47.4 Å². The molecule has 5 nitrogen and oxygen atoms in total. The van der Waals surface area contributed by atoms with E-state index < -0.39 is 0 Å². The molecule has 2 aromatic carbocycles. The average molecular weight is 436 g/mol. The van der Waals surface area contributed by atoms with Crippen LogP contribution in [0.1, 0.15) is 34.3 Å². The summed E-state index contributed by atoms with van der Waals surface area (Å²) in [7, 11) is 1.70. The highest BCUT2D eigenvalue weighted by molar-refractivity contribution is 7.98. The van der Waals surface area contributed by atoms with Gasteiger partial charge in [-0.3, -0.25) is 14.4 Å². The normalized spacial score (nSPS) is 16.9. The summed E-state index contributed by atoms with van der Waals surface area (Å²) in [5, 5.41) is 4.31. The Morgan fingerprint density at radius 1 is 1.19 bits per heavy atom. The number of rotatable bonds is 8. The number of carbonyl (C=O) groups excluding carboxylic acids is 1. The van der Waals surface area contributed by atoms with Crippen molar-refractivity contribution >= 4 is 17.5 Å². The highest BCUT2D eigenvalue weighted by atomic mass is 32.2. The van der Waals surface area contributed by atoms with Crippen LogP contribution in [0.4, 0.5) is 0 Å². The van der Waals surface area contributed by atoms with E-state index in [2.05, 4.69) is 28.4 Å². The molecule has 2 heterocycles. The number of ketones is 1. The first-order chi connectivity index (χ1) is 15.2. The van der Waals surface area contributed by atoms with Gasteiger partial charge in [0.25, 0.3) is 0 Å². The van der Waals surface area contributed by atoms with Gasteiger partial charge in [0.15, 0.2) is 5.78 Å². The van der Waals surface area contributed by atoms with Crippen LogP contribution in [0.2, 0.25) is 0 Å². The average Bonchev–Trinajstić information content (AvgIpc) is 3.32. The van der Waals surface area contributed by atoms with Crippen molar-refractivity contribution in [1.29, 1.82) is 0 Å². The minimum atomic E-state index is 0.0654. The second-order valence-corrected chi connectivity index (χ2v) is 8.90. The molecular formula is C25H29N3O2S. The number of ether oxygens (including phenoxy) is 1. The van der Waals surface area contributed by atoms with Crippen molar-refractivity contribution in [1.82, 2.24) is 14.7 Å². The summed E-state index contributed by atoms with van der Waals surface area (Å²) in [6.45, 7) is 3.35. The van der Waals surface area contributed by atoms with Gasteiger partial charge < -0.3 is 4.74 Å². The Morgan fingerprint density at radius 3 is 2.74 bits per heavy atom. The van der Waals surface area contributed by atoms with E-state index in [0.29, 0.717) is 6.54 Å². The fraction of sp³-hybridized carbons (Fsp3) is 0.360. The van der Waals surface area contributed by atoms with E-state index in [0.717, 1.165) is 49.4 Å². The summed E-state index contributed by atoms with van der Waals surface area (Å²) in [5.74, 6) is 1.21. The molecule has 1 aliphatic heterocycles. The lowest BCUT2D eigenvalue weighted by Crippen LogP contribution is -2.38. The number of Topliss-reactive ketones (excluding diaryl/α,β-unsaturated/α-hetero) is 1. The molecule has 0 bridgehead atoms. The molecule has 0 aliphatic carbocycles. The molecule has 0 saturated carbocycles. The molecule has 4 rings (SSSR count). The van der Waals surface area contributed by atoms with Gasteiger partial charge in [0.2, 0.25) is 0 Å². The van der Waals surface area contributed by atoms with Gasteiger partial charge in [0.05, 0.1) is 13.7 Å². The van der Waals surface area contributed by atoms with Crippen LogP contribution in [-0.2, 0) is 13.1 Å². The fourth-order valence-electron chi connectivity index (χ4n) is 4.28. The van der Waals surface area contributed by atoms with Gasteiger partial charge in [-0.2, -0.15) is 5.10 Å². The number of nitrogens with zero attached hydrogens (tertiary/aromatic N) is 3. The first-order valence-corrected chi connectivity index (χ1v) is 11.9. The van der Waals surface area contributed by atoms with E-state index in [1.54, 1.807) is 25.1 Å². The third-order valence-corrected chi connectivity index (χ3v) is 6.64. The van der Waals surface area contributed by atoms with Crippen molar-refractivity contribution in [3.63, 3.8) is 0 Å². The van der Waals surface area contributed by atoms with Crippen LogP contribution in [0.25, 0.3) is 0 Å². The lowest BCUT2D eigenvalue weighted by Gasteiger charge is -2.32. The van der Waals surface area contributed by atoms with Gasteiger partial charge >= 0.3 is 0 Å². The van der Waals surface area contributed by atoms with Crippen molar-refractivity contribution in [2.24, 2.45) is 5.92 Å². The highest BCUT2D eigenvalue weighted by Crippen LogP contribution is 2.26. The second kappa shape index (κ2) is 10.2. The van der Waals surface area contributed by atoms with Gasteiger partial charge in [-0.05, 0) is 61.5 Å². The predicted octanol–water partition coefficient (Wildman–Crippen LogP) is 4.76. The summed E-state index contributed by atoms with van der Waals surface area (Å²) in [6.07, 6.45) is 7.81. The van der Waals surface area contributed by atoms with Gasteiger partial charge in [0.1, 0.15) is 5.75 Å². The number of benzene rings is 2. The van der Waals surface area contributed by atoms with E-state index in [9.17, 15) is 4.79 Å². The van der Waals surface area contributed by atoms with Crippen LogP contribution in [0, 0.1) is 5.92 Å². The Morgan fingerprint density at radius 2 is 2.03 bits per heavy atom. The topological polar surface area (TPSA) is 47.4 Å². The molecule has 6 heteroatoms. The molecule has 31 heavy (non-hydrogen) atoms. The first kappa shape index (κ1) is 21.7. The SMILES string of the molecule is COc1ccc(CN2CCC[C@@H](C(=O)c3ccc(SC)cc3)C2)cc1Cn1cccn1. The van der Waals surface area contributed by atoms with Crippen molar-refractivity contribution in [2.75, 3.05) is 26.5 Å². The van der Waals surface area contributed by atoms with Gasteiger partial charge in [-0.15, -0.1) is 11.8 Å². The van der Waals surface area contributed by atoms with Gasteiger partial charge in [-0.1, -0.05) is 18.2 Å². The van der Waals surface area contributed by atoms with Gasteiger partial charge in [-0.25, -0.2) is 0 Å². The van der Waals surface area contributed by atoms with Crippen LogP contribution in [-0.4, -0.2) is 46.9 Å². The van der Waals surface area contributed by atoms with E-state index in [1.807, 2.05) is 47.3 Å². The Bertz CT molecular complexity index is 1000. The molecule has 162 valence electrons. The maximum absolute atomic E-state index is 13.1. The van der Waals surface area contributed by atoms with Crippen molar-refractivity contribution in [3.8, 4) is 5.75 Å². The third kappa shape index (κ3) is 5.38. The highest BCUT2D eigenvalue weighted by Gasteiger charge is 2.26. The Labute approximate surface area is 188 Å². The molecule has 1 atom stereocenters. The monoisotopic (exact) mass is 435 g/mol. The Kier molecular flexibility index (Phi) is 7.10. The van der Waals surface area contributed by atoms with Crippen LogP contribution >= 0.6 is 11.8 Å². The molecule has 0 radical (unpaired) electrons. The fourth-order valence-corrected chi connectivity index (χ4v) is 4.69. The summed E-state index contributed by atoms with van der Waals surface area (Å²) < 4.78 is 7.45. The zero-order chi connectivity index (χ0) is 21.6. The summed E-state index contributed by atoms with van der Waals surface area (Å²) >= 11 is 1.70. The number of piperidine rings is 1. The molecule has 1 aliphatic rings. The number of thioether (sulfide) groups is 1. The number of hydrogen-bond donors (Lipinski definition) is 0. The Balaban J connectivity index is 1.43. The minimum absolute atomic E-state index is 0.0654. The standard InChI is InChI=1S/C25H29N3O2S/c1-30-24-11-6-19(15-22(24)18-28-14-4-12-26-28)16-27-13-3-5-21(17-27)25(29)20-7-9-23(31-2)10-8-20/h4,6-12,14-15,21H,3,5,13,16-18H2,1-2H3/t21-/m1/s1. The molecular weight excluding hydrogens is 406 g/mol. The molecule has 1 aromatic heterocycles. The van der Waals surface area contributed by atoms with Crippen molar-refractivity contribution < 1.29 is 9.53 Å². The molecule has 0 unspecified atom stereocenters. The Hall–Kier alpha value is -2.57. The maximum Gasteiger partial charge on any atom is 0.167 e. The molecule has 0 amide bonds. The number of aromatic nitrogens is 2. The van der Waals surface area contributed by atoms with Crippen molar-refractivity contribution in [3.05, 3.63) is 77.6 Å². The number of carbonyl (C=O) groups is 1. The quantitative estimate of drug-likeness (QED) is 0.377. The van der Waals surface area contributed by atoms with E-state index in [4.69, 9.17) is 4.74 Å². The summed E-state index contributed by atoms with van der Waals surface area (Å²) in [6, 6.07) is 16.3. The first-order valence-electron chi connectivity index (χ1n) is 10.7. The zero-order valence-corrected chi connectivity index (χ0v) is 19.0. The van der Waals surface area contributed by atoms with Crippen LogP contribution < -0.4 is 4.74 Å². The maximum atomic E-state index is 13.1. The number of methoxy groups -OCH3 is 1. The molecule has 1 saturated heterocycles. The van der Waals surface area contributed by atoms with Crippen LogP contribution in [0.3, 0.4) is 0 Å². The zero-order valence-electron chi connectivity index (χ0n) is 18.2. The predicted molar refractivity (Wildman–Crippen MR) is 125 cm³/mol. The van der Waals surface area contributed by atoms with E-state index in [1.165, 1.54) is 10.5 Å². The number of hydrogen-bond acceptors (Lipinski definition) is 5. The third-order valence-electron chi connectivity index (χ3n) is 5.89. The summed E-state index contributed by atoms with van der Waals surface area (Å²) in [4.78, 5) is 16.6. The number of likely N-dealkylation sites (tertiary alicyclic amines) is 1. The molecule has 3 aromatic rings. The lowest BCUT2D eigenvalue weighted by molar-refractivity contribution is 0.0811. The molecule has 1 fully saturated rings. The summed E-state index contributed by atoms with van der Waals surface area (Å²) in [5.41, 5.74) is 3.18. The lowest BCUT2D eigenvalue weighted by atomic mass is 9.90.